The van der Waals surface area contributed by atoms with Gasteiger partial charge in [-0.3, -0.25) is 4.79 Å². The van der Waals surface area contributed by atoms with Gasteiger partial charge in [0, 0.05) is 19.7 Å². The van der Waals surface area contributed by atoms with Crippen molar-refractivity contribution >= 4 is 17.5 Å². The number of benzene rings is 1. The van der Waals surface area contributed by atoms with Crippen LogP contribution in [0.4, 0.5) is 8.78 Å². The monoisotopic (exact) mass is 233 g/mol. The first-order valence-corrected chi connectivity index (χ1v) is 4.67. The zero-order chi connectivity index (χ0) is 11.6. The molecule has 0 aliphatic heterocycles. The molecule has 0 N–H and O–H groups in total. The molecule has 15 heavy (non-hydrogen) atoms. The number of alkyl halides is 1. The topological polar surface area (TPSA) is 20.3 Å². The number of hydrogen-bond donors (Lipinski definition) is 0. The number of carbonyl (C=O) groups is 1. The normalized spacial score (nSPS) is 12.3. The maximum atomic E-state index is 13.2. The first-order chi connectivity index (χ1) is 6.93. The summed E-state index contributed by atoms with van der Waals surface area (Å²) in [5.41, 5.74) is -0.143. The quantitative estimate of drug-likeness (QED) is 0.718. The van der Waals surface area contributed by atoms with Gasteiger partial charge in [-0.2, -0.15) is 0 Å². The molecule has 0 bridgehead atoms. The molecule has 1 unspecified atom stereocenters. The van der Waals surface area contributed by atoms with Gasteiger partial charge in [-0.25, -0.2) is 8.78 Å². The van der Waals surface area contributed by atoms with Gasteiger partial charge in [-0.1, -0.05) is 0 Å². The average molecular weight is 234 g/mol. The summed E-state index contributed by atoms with van der Waals surface area (Å²) in [6, 6.07) is 2.85. The number of likely N-dealkylation sites (N-methyl/N-ethyl adjacent to an activating group) is 1. The number of nitrogens with zero attached hydrogens (tertiary/aromatic N) is 1. The zero-order valence-electron chi connectivity index (χ0n) is 8.30. The van der Waals surface area contributed by atoms with E-state index in [1.165, 1.54) is 19.0 Å². The molecule has 82 valence electrons. The van der Waals surface area contributed by atoms with Gasteiger partial charge in [-0.15, -0.1) is 11.6 Å². The lowest BCUT2D eigenvalue weighted by Crippen LogP contribution is -2.26. The van der Waals surface area contributed by atoms with Crippen molar-refractivity contribution < 1.29 is 13.6 Å². The van der Waals surface area contributed by atoms with Crippen LogP contribution in [-0.4, -0.2) is 24.9 Å². The molecule has 1 atom stereocenters. The highest BCUT2D eigenvalue weighted by Gasteiger charge is 2.22. The van der Waals surface area contributed by atoms with E-state index in [0.717, 1.165) is 18.2 Å². The van der Waals surface area contributed by atoms with Crippen LogP contribution in [0.2, 0.25) is 0 Å². The van der Waals surface area contributed by atoms with Crippen LogP contribution in [0.5, 0.6) is 0 Å². The van der Waals surface area contributed by atoms with Crippen molar-refractivity contribution in [3.63, 3.8) is 0 Å². The van der Waals surface area contributed by atoms with E-state index in [2.05, 4.69) is 0 Å². The minimum absolute atomic E-state index is 0.143. The molecule has 0 aliphatic rings. The van der Waals surface area contributed by atoms with Crippen LogP contribution in [0.1, 0.15) is 10.9 Å². The molecule has 5 heteroatoms. The van der Waals surface area contributed by atoms with E-state index in [-0.39, 0.29) is 5.56 Å². The number of rotatable bonds is 2. The molecule has 1 rings (SSSR count). The maximum Gasteiger partial charge on any atom is 0.244 e. The van der Waals surface area contributed by atoms with E-state index in [9.17, 15) is 13.6 Å². The fourth-order valence-corrected chi connectivity index (χ4v) is 1.43. The second kappa shape index (κ2) is 4.57. The summed E-state index contributed by atoms with van der Waals surface area (Å²) in [6.07, 6.45) is 0. The second-order valence-corrected chi connectivity index (χ2v) is 3.70. The lowest BCUT2D eigenvalue weighted by Gasteiger charge is -2.15. The van der Waals surface area contributed by atoms with Crippen molar-refractivity contribution in [1.82, 2.24) is 4.90 Å². The van der Waals surface area contributed by atoms with Crippen molar-refractivity contribution in [2.45, 2.75) is 5.38 Å². The van der Waals surface area contributed by atoms with Crippen molar-refractivity contribution in [1.29, 1.82) is 0 Å². The Morgan fingerprint density at radius 2 is 2.00 bits per heavy atom. The fourth-order valence-electron chi connectivity index (χ4n) is 1.07. The Labute approximate surface area is 91.4 Å². The van der Waals surface area contributed by atoms with Gasteiger partial charge in [0.1, 0.15) is 17.0 Å². The van der Waals surface area contributed by atoms with Gasteiger partial charge >= 0.3 is 0 Å². The standard InChI is InChI=1S/C10H10ClF2NO/c1-14(2)10(15)9(11)7-5-6(12)3-4-8(7)13/h3-5,9H,1-2H3. The molecule has 1 aromatic carbocycles. The first-order valence-electron chi connectivity index (χ1n) is 4.23. The van der Waals surface area contributed by atoms with Crippen molar-refractivity contribution in [3.05, 3.63) is 35.4 Å². The Kier molecular flexibility index (Phi) is 3.63. The van der Waals surface area contributed by atoms with E-state index in [1.807, 2.05) is 0 Å². The van der Waals surface area contributed by atoms with Gasteiger partial charge in [-0.05, 0) is 18.2 Å². The first kappa shape index (κ1) is 11.9. The van der Waals surface area contributed by atoms with Crippen molar-refractivity contribution in [2.24, 2.45) is 0 Å². The number of carbonyl (C=O) groups excluding carboxylic acids is 1. The van der Waals surface area contributed by atoms with Crippen LogP contribution >= 0.6 is 11.6 Å². The van der Waals surface area contributed by atoms with Gasteiger partial charge in [0.05, 0.1) is 0 Å². The summed E-state index contributed by atoms with van der Waals surface area (Å²) < 4.78 is 26.0. The highest BCUT2D eigenvalue weighted by Crippen LogP contribution is 2.25. The van der Waals surface area contributed by atoms with Crippen LogP contribution in [-0.2, 0) is 4.79 Å². The Morgan fingerprint density at radius 1 is 1.40 bits per heavy atom. The maximum absolute atomic E-state index is 13.2. The molecule has 0 saturated carbocycles. The summed E-state index contributed by atoms with van der Waals surface area (Å²) in [5.74, 6) is -1.80. The van der Waals surface area contributed by atoms with Gasteiger partial charge in [0.25, 0.3) is 0 Å². The van der Waals surface area contributed by atoms with E-state index in [1.54, 1.807) is 0 Å². The third-order valence-electron chi connectivity index (χ3n) is 1.89. The number of halogens is 3. The third kappa shape index (κ3) is 2.65. The Hall–Kier alpha value is -1.16. The summed E-state index contributed by atoms with van der Waals surface area (Å²) in [6.45, 7) is 0. The summed E-state index contributed by atoms with van der Waals surface area (Å²) in [7, 11) is 2.99. The zero-order valence-corrected chi connectivity index (χ0v) is 9.05. The lowest BCUT2D eigenvalue weighted by atomic mass is 10.1. The van der Waals surface area contributed by atoms with Crippen molar-refractivity contribution in [2.75, 3.05) is 14.1 Å². The van der Waals surface area contributed by atoms with Crippen LogP contribution in [0, 0.1) is 11.6 Å². The molecule has 2 nitrogen and oxygen atoms in total. The number of amides is 1. The van der Waals surface area contributed by atoms with Gasteiger partial charge < -0.3 is 4.90 Å². The molecule has 0 saturated heterocycles. The van der Waals surface area contributed by atoms with Crippen LogP contribution in [0.25, 0.3) is 0 Å². The molecular formula is C10H10ClF2NO. The highest BCUT2D eigenvalue weighted by molar-refractivity contribution is 6.30. The Bertz CT molecular complexity index is 382. The largest absolute Gasteiger partial charge is 0.347 e. The molecule has 0 radical (unpaired) electrons. The fraction of sp³-hybridized carbons (Fsp3) is 0.300. The van der Waals surface area contributed by atoms with E-state index >= 15 is 0 Å². The van der Waals surface area contributed by atoms with Crippen LogP contribution in [0.3, 0.4) is 0 Å². The predicted octanol–water partition coefficient (Wildman–Crippen LogP) is 2.33. The predicted molar refractivity (Wildman–Crippen MR) is 53.6 cm³/mol. The summed E-state index contributed by atoms with van der Waals surface area (Å²) in [4.78, 5) is 12.6. The highest BCUT2D eigenvalue weighted by atomic mass is 35.5. The van der Waals surface area contributed by atoms with Crippen LogP contribution < -0.4 is 0 Å². The minimum Gasteiger partial charge on any atom is -0.347 e. The molecule has 1 aromatic rings. The summed E-state index contributed by atoms with van der Waals surface area (Å²) in [5, 5.41) is -1.20. The summed E-state index contributed by atoms with van der Waals surface area (Å²) >= 11 is 5.73. The SMILES string of the molecule is CN(C)C(=O)C(Cl)c1cc(F)ccc1F. The van der Waals surface area contributed by atoms with Gasteiger partial charge in [0.15, 0.2) is 0 Å². The molecule has 0 aromatic heterocycles. The number of hydrogen-bond acceptors (Lipinski definition) is 1. The smallest absolute Gasteiger partial charge is 0.244 e. The molecule has 1 amide bonds. The lowest BCUT2D eigenvalue weighted by molar-refractivity contribution is -0.128. The Morgan fingerprint density at radius 3 is 2.53 bits per heavy atom. The molecule has 0 spiro atoms. The van der Waals surface area contributed by atoms with E-state index in [0.29, 0.717) is 0 Å². The average Bonchev–Trinajstić information content (AvgIpc) is 2.19. The molecule has 0 aliphatic carbocycles. The molecule has 0 heterocycles. The molecular weight excluding hydrogens is 224 g/mol. The second-order valence-electron chi connectivity index (χ2n) is 3.26. The van der Waals surface area contributed by atoms with E-state index < -0.39 is 22.9 Å². The van der Waals surface area contributed by atoms with Gasteiger partial charge in [0.2, 0.25) is 5.91 Å². The van der Waals surface area contributed by atoms with E-state index in [4.69, 9.17) is 11.6 Å². The molecule has 0 fully saturated rings. The van der Waals surface area contributed by atoms with Crippen LogP contribution in [0.15, 0.2) is 18.2 Å². The minimum atomic E-state index is -1.20. The Balaban J connectivity index is 3.05. The van der Waals surface area contributed by atoms with Crippen molar-refractivity contribution in [3.8, 4) is 0 Å². The third-order valence-corrected chi connectivity index (χ3v) is 2.31.